The molecule has 1 aromatic carbocycles. The number of hydrogen-bond donors (Lipinski definition) is 1. The van der Waals surface area contributed by atoms with Crippen molar-refractivity contribution < 1.29 is 9.72 Å². The summed E-state index contributed by atoms with van der Waals surface area (Å²) in [4.78, 5) is 26.8. The zero-order valence-electron chi connectivity index (χ0n) is 12.3. The van der Waals surface area contributed by atoms with Gasteiger partial charge in [0.25, 0.3) is 5.69 Å². The molecule has 6 nitrogen and oxygen atoms in total. The van der Waals surface area contributed by atoms with Crippen LogP contribution in [0.15, 0.2) is 34.5 Å². The van der Waals surface area contributed by atoms with Crippen molar-refractivity contribution in [3.8, 4) is 0 Å². The molecular weight excluding hydrogens is 306 g/mol. The lowest BCUT2D eigenvalue weighted by molar-refractivity contribution is -0.384. The molecule has 3 rings (SSSR count). The highest BCUT2D eigenvalue weighted by atomic mass is 35.5. The van der Waals surface area contributed by atoms with Crippen LogP contribution in [0.3, 0.4) is 0 Å². The third-order valence-corrected chi connectivity index (χ3v) is 3.73. The lowest BCUT2D eigenvalue weighted by Gasteiger charge is -2.31. The number of anilines is 1. The van der Waals surface area contributed by atoms with Gasteiger partial charge in [-0.15, -0.1) is 12.4 Å². The van der Waals surface area contributed by atoms with E-state index in [1.807, 2.05) is 0 Å². The van der Waals surface area contributed by atoms with Gasteiger partial charge in [-0.2, -0.15) is 0 Å². The van der Waals surface area contributed by atoms with Gasteiger partial charge in [-0.05, 0) is 17.9 Å². The van der Waals surface area contributed by atoms with Gasteiger partial charge in [-0.3, -0.25) is 19.9 Å². The van der Waals surface area contributed by atoms with Crippen molar-refractivity contribution in [1.29, 1.82) is 0 Å². The second-order valence-corrected chi connectivity index (χ2v) is 6.17. The second kappa shape index (κ2) is 5.53. The molecule has 0 saturated heterocycles. The van der Waals surface area contributed by atoms with Crippen LogP contribution in [0, 0.1) is 15.5 Å². The summed E-state index contributed by atoms with van der Waals surface area (Å²) < 4.78 is 0. The number of carbonyl (C=O) groups excluding carboxylic acids is 1. The van der Waals surface area contributed by atoms with Gasteiger partial charge in [0.1, 0.15) is 0 Å². The number of benzene rings is 1. The number of hydrogen-bond acceptors (Lipinski definition) is 5. The van der Waals surface area contributed by atoms with Gasteiger partial charge in [-0.25, -0.2) is 0 Å². The van der Waals surface area contributed by atoms with Crippen LogP contribution >= 0.6 is 12.4 Å². The van der Waals surface area contributed by atoms with Crippen LogP contribution in [0.4, 0.5) is 17.1 Å². The number of nitrogens with zero attached hydrogens (tertiary/aromatic N) is 2. The first-order valence-electron chi connectivity index (χ1n) is 6.72. The average Bonchev–Trinajstić information content (AvgIpc) is 2.55. The minimum absolute atomic E-state index is 0. The number of fused-ring (bicyclic) bond motifs is 1. The molecule has 0 amide bonds. The van der Waals surface area contributed by atoms with Crippen LogP contribution in [0.25, 0.3) is 0 Å². The summed E-state index contributed by atoms with van der Waals surface area (Å²) in [6.07, 6.45) is 2.75. The number of carbonyl (C=O) groups is 1. The van der Waals surface area contributed by atoms with Crippen LogP contribution in [-0.2, 0) is 4.79 Å². The molecule has 2 aliphatic rings. The number of allylic oxidation sites excluding steroid dienone is 2. The van der Waals surface area contributed by atoms with E-state index in [4.69, 9.17) is 0 Å². The van der Waals surface area contributed by atoms with E-state index in [1.165, 1.54) is 18.3 Å². The van der Waals surface area contributed by atoms with Crippen LogP contribution in [0.5, 0.6) is 0 Å². The van der Waals surface area contributed by atoms with Gasteiger partial charge in [-0.1, -0.05) is 13.8 Å². The Bertz CT molecular complexity index is 723. The van der Waals surface area contributed by atoms with Crippen LogP contribution in [0.1, 0.15) is 26.7 Å². The third-order valence-electron chi connectivity index (χ3n) is 3.73. The molecule has 0 bridgehead atoms. The van der Waals surface area contributed by atoms with Gasteiger partial charge in [0, 0.05) is 30.5 Å². The lowest BCUT2D eigenvalue weighted by atomic mass is 9.76. The van der Waals surface area contributed by atoms with Gasteiger partial charge >= 0.3 is 0 Å². The molecule has 7 heteroatoms. The number of nitro groups is 1. The molecule has 1 aliphatic carbocycles. The number of non-ortho nitro benzene ring substituents is 1. The molecule has 0 radical (unpaired) electrons. The first-order chi connectivity index (χ1) is 9.85. The fourth-order valence-electron chi connectivity index (χ4n) is 2.74. The van der Waals surface area contributed by atoms with E-state index in [0.29, 0.717) is 23.4 Å². The fraction of sp³-hybridized carbons (Fsp3) is 0.333. The number of halogens is 1. The molecular formula is C15H16ClN3O3. The Morgan fingerprint density at radius 3 is 2.73 bits per heavy atom. The van der Waals surface area contributed by atoms with E-state index in [1.54, 1.807) is 6.07 Å². The van der Waals surface area contributed by atoms with E-state index < -0.39 is 4.92 Å². The molecule has 1 N–H and O–H groups in total. The standard InChI is InChI=1S/C15H15N3O3.ClH/c1-15(2)6-13-10(14(19)7-15)8-16-12-5-9(18(20)21)3-4-11(12)17-13;/h3-5,8,17H,6-7H2,1-2H3;1H. The predicted molar refractivity (Wildman–Crippen MR) is 87.2 cm³/mol. The van der Waals surface area contributed by atoms with Crippen LogP contribution in [-0.4, -0.2) is 16.9 Å². The summed E-state index contributed by atoms with van der Waals surface area (Å²) in [6, 6.07) is 4.47. The number of Topliss-reactive ketones (excluding diaryl/α,β-unsaturated/α-hetero) is 1. The fourth-order valence-corrected chi connectivity index (χ4v) is 2.74. The normalized spacial score (nSPS) is 18.5. The van der Waals surface area contributed by atoms with Crippen molar-refractivity contribution >= 4 is 41.5 Å². The molecule has 1 heterocycles. The zero-order valence-corrected chi connectivity index (χ0v) is 13.1. The number of aliphatic imine (C=N–C) groups is 1. The largest absolute Gasteiger partial charge is 0.356 e. The van der Waals surface area contributed by atoms with E-state index in [2.05, 4.69) is 24.2 Å². The Morgan fingerprint density at radius 1 is 1.32 bits per heavy atom. The second-order valence-electron chi connectivity index (χ2n) is 6.17. The van der Waals surface area contributed by atoms with E-state index >= 15 is 0 Å². The highest BCUT2D eigenvalue weighted by Gasteiger charge is 2.33. The minimum Gasteiger partial charge on any atom is -0.356 e. The Balaban J connectivity index is 0.00000176. The van der Waals surface area contributed by atoms with Crippen LogP contribution < -0.4 is 5.32 Å². The van der Waals surface area contributed by atoms with Gasteiger partial charge in [0.2, 0.25) is 0 Å². The zero-order chi connectivity index (χ0) is 15.2. The Morgan fingerprint density at radius 2 is 2.05 bits per heavy atom. The maximum absolute atomic E-state index is 12.2. The molecule has 116 valence electrons. The molecule has 22 heavy (non-hydrogen) atoms. The lowest BCUT2D eigenvalue weighted by Crippen LogP contribution is -2.28. The van der Waals surface area contributed by atoms with Crippen molar-refractivity contribution in [3.05, 3.63) is 39.6 Å². The highest BCUT2D eigenvalue weighted by molar-refractivity contribution is 6.16. The van der Waals surface area contributed by atoms with E-state index in [-0.39, 0.29) is 29.3 Å². The minimum atomic E-state index is -0.456. The molecule has 0 fully saturated rings. The van der Waals surface area contributed by atoms with Gasteiger partial charge < -0.3 is 5.32 Å². The molecule has 0 spiro atoms. The van der Waals surface area contributed by atoms with Crippen molar-refractivity contribution in [2.75, 3.05) is 5.32 Å². The first-order valence-corrected chi connectivity index (χ1v) is 6.72. The highest BCUT2D eigenvalue weighted by Crippen LogP contribution is 2.40. The Kier molecular flexibility index (Phi) is 4.06. The van der Waals surface area contributed by atoms with E-state index in [9.17, 15) is 14.9 Å². The predicted octanol–water partition coefficient (Wildman–Crippen LogP) is 3.79. The van der Waals surface area contributed by atoms with Gasteiger partial charge in [0.05, 0.1) is 21.9 Å². The molecule has 1 aromatic rings. The van der Waals surface area contributed by atoms with E-state index in [0.717, 1.165) is 12.1 Å². The number of nitrogens with one attached hydrogen (secondary N) is 1. The number of rotatable bonds is 1. The van der Waals surface area contributed by atoms with Crippen LogP contribution in [0.2, 0.25) is 0 Å². The molecule has 0 aromatic heterocycles. The maximum Gasteiger partial charge on any atom is 0.271 e. The summed E-state index contributed by atoms with van der Waals surface area (Å²) in [6.45, 7) is 4.10. The smallest absolute Gasteiger partial charge is 0.271 e. The summed E-state index contributed by atoms with van der Waals surface area (Å²) >= 11 is 0. The quantitative estimate of drug-likeness (QED) is 0.630. The monoisotopic (exact) mass is 321 g/mol. The average molecular weight is 322 g/mol. The van der Waals surface area contributed by atoms with Crippen molar-refractivity contribution in [3.63, 3.8) is 0 Å². The summed E-state index contributed by atoms with van der Waals surface area (Å²) in [7, 11) is 0. The molecule has 0 atom stereocenters. The van der Waals surface area contributed by atoms with Crippen molar-refractivity contribution in [1.82, 2.24) is 0 Å². The van der Waals surface area contributed by atoms with Crippen molar-refractivity contribution in [2.45, 2.75) is 26.7 Å². The van der Waals surface area contributed by atoms with Gasteiger partial charge in [0.15, 0.2) is 5.78 Å². The summed E-state index contributed by atoms with van der Waals surface area (Å²) in [5, 5.41) is 14.1. The molecule has 1 aliphatic heterocycles. The summed E-state index contributed by atoms with van der Waals surface area (Å²) in [5.41, 5.74) is 2.47. The summed E-state index contributed by atoms with van der Waals surface area (Å²) in [5.74, 6) is 0.0554. The van der Waals surface area contributed by atoms with Crippen molar-refractivity contribution in [2.24, 2.45) is 10.4 Å². The SMILES string of the molecule is CC1(C)CC(=O)C2=C(C1)Nc1ccc([N+](=O)[O-])cc1N=C2.Cl. The molecule has 0 unspecified atom stereocenters. The first kappa shape index (κ1) is 16.2. The maximum atomic E-state index is 12.2. The third kappa shape index (κ3) is 2.87. The number of nitro benzene ring substituents is 1. The molecule has 0 saturated carbocycles. The topological polar surface area (TPSA) is 84.6 Å². The Hall–Kier alpha value is -2.21. The number of ketones is 1. The Labute approximate surface area is 133 Å².